The minimum absolute atomic E-state index is 0.178. The molecule has 1 atom stereocenters. The Kier molecular flexibility index (Phi) is 4.52. The highest BCUT2D eigenvalue weighted by Crippen LogP contribution is 2.21. The third-order valence-electron chi connectivity index (χ3n) is 2.67. The summed E-state index contributed by atoms with van der Waals surface area (Å²) in [5, 5.41) is 2.76. The third-order valence-corrected chi connectivity index (χ3v) is 3.34. The summed E-state index contributed by atoms with van der Waals surface area (Å²) in [6.07, 6.45) is 0. The van der Waals surface area contributed by atoms with Gasteiger partial charge in [-0.15, -0.1) is 11.6 Å². The fourth-order valence-corrected chi connectivity index (χ4v) is 1.48. The van der Waals surface area contributed by atoms with E-state index in [1.54, 1.807) is 39.0 Å². The Morgan fingerprint density at radius 1 is 1.47 bits per heavy atom. The zero-order chi connectivity index (χ0) is 13.1. The first-order valence-corrected chi connectivity index (χ1v) is 6.03. The van der Waals surface area contributed by atoms with Crippen LogP contribution in [0.4, 0.5) is 4.39 Å². The largest absolute Gasteiger partial charge is 0.349 e. The SMILES string of the molecule is C[C@@H](NC(=O)C(C)(C)CCl)c1ccccc1F. The third kappa shape index (κ3) is 3.43. The van der Waals surface area contributed by atoms with Crippen LogP contribution in [0.25, 0.3) is 0 Å². The van der Waals surface area contributed by atoms with Gasteiger partial charge < -0.3 is 5.32 Å². The van der Waals surface area contributed by atoms with E-state index in [0.717, 1.165) is 0 Å². The Morgan fingerprint density at radius 3 is 2.59 bits per heavy atom. The molecule has 0 aromatic heterocycles. The number of hydrogen-bond donors (Lipinski definition) is 1. The van der Waals surface area contributed by atoms with Crippen LogP contribution in [-0.4, -0.2) is 11.8 Å². The summed E-state index contributed by atoms with van der Waals surface area (Å²) in [5.74, 6) is -0.268. The average Bonchev–Trinajstić information content (AvgIpc) is 2.29. The normalized spacial score (nSPS) is 13.2. The van der Waals surface area contributed by atoms with Gasteiger partial charge in [0.2, 0.25) is 5.91 Å². The molecule has 1 aromatic rings. The molecule has 1 aromatic carbocycles. The summed E-state index contributed by atoms with van der Waals surface area (Å²) in [6.45, 7) is 5.26. The van der Waals surface area contributed by atoms with E-state index in [9.17, 15) is 9.18 Å². The van der Waals surface area contributed by atoms with Crippen LogP contribution >= 0.6 is 11.6 Å². The molecule has 0 fully saturated rings. The van der Waals surface area contributed by atoms with E-state index in [1.807, 2.05) is 0 Å². The Labute approximate surface area is 106 Å². The summed E-state index contributed by atoms with van der Waals surface area (Å²) in [4.78, 5) is 11.9. The van der Waals surface area contributed by atoms with Crippen molar-refractivity contribution in [3.8, 4) is 0 Å². The molecule has 17 heavy (non-hydrogen) atoms. The van der Waals surface area contributed by atoms with E-state index in [4.69, 9.17) is 11.6 Å². The first kappa shape index (κ1) is 14.0. The molecule has 4 heteroatoms. The number of benzene rings is 1. The predicted octanol–water partition coefficient (Wildman–Crippen LogP) is 3.27. The monoisotopic (exact) mass is 257 g/mol. The number of alkyl halides is 1. The minimum Gasteiger partial charge on any atom is -0.349 e. The van der Waals surface area contributed by atoms with Crippen LogP contribution in [0.15, 0.2) is 24.3 Å². The van der Waals surface area contributed by atoms with E-state index >= 15 is 0 Å². The lowest BCUT2D eigenvalue weighted by atomic mass is 9.94. The van der Waals surface area contributed by atoms with Gasteiger partial charge in [0.25, 0.3) is 0 Å². The minimum atomic E-state index is -0.652. The molecule has 1 N–H and O–H groups in total. The molecule has 2 nitrogen and oxygen atoms in total. The molecular weight excluding hydrogens is 241 g/mol. The van der Waals surface area contributed by atoms with Crippen LogP contribution in [0.3, 0.4) is 0 Å². The average molecular weight is 258 g/mol. The van der Waals surface area contributed by atoms with E-state index < -0.39 is 5.41 Å². The highest BCUT2D eigenvalue weighted by atomic mass is 35.5. The number of nitrogens with one attached hydrogen (secondary N) is 1. The lowest BCUT2D eigenvalue weighted by molar-refractivity contribution is -0.129. The van der Waals surface area contributed by atoms with Gasteiger partial charge in [-0.25, -0.2) is 4.39 Å². The quantitative estimate of drug-likeness (QED) is 0.824. The van der Waals surface area contributed by atoms with E-state index in [-0.39, 0.29) is 23.6 Å². The van der Waals surface area contributed by atoms with Crippen molar-refractivity contribution in [3.63, 3.8) is 0 Å². The lowest BCUT2D eigenvalue weighted by Gasteiger charge is -2.24. The van der Waals surface area contributed by atoms with Gasteiger partial charge in [0.1, 0.15) is 5.82 Å². The Bertz CT molecular complexity index is 406. The van der Waals surface area contributed by atoms with Gasteiger partial charge in [0.15, 0.2) is 0 Å². The maximum absolute atomic E-state index is 13.5. The number of carbonyl (C=O) groups excluding carboxylic acids is 1. The zero-order valence-corrected chi connectivity index (χ0v) is 11.0. The Balaban J connectivity index is 2.77. The topological polar surface area (TPSA) is 29.1 Å². The second kappa shape index (κ2) is 5.50. The first-order valence-electron chi connectivity index (χ1n) is 5.50. The van der Waals surface area contributed by atoms with Crippen LogP contribution < -0.4 is 5.32 Å². The highest BCUT2D eigenvalue weighted by Gasteiger charge is 2.28. The second-order valence-corrected chi connectivity index (χ2v) is 5.00. The fourth-order valence-electron chi connectivity index (χ4n) is 1.36. The molecule has 0 unspecified atom stereocenters. The molecule has 0 saturated heterocycles. The van der Waals surface area contributed by atoms with Gasteiger partial charge in [-0.3, -0.25) is 4.79 Å². The van der Waals surface area contributed by atoms with E-state index in [0.29, 0.717) is 5.56 Å². The molecule has 1 rings (SSSR count). The highest BCUT2D eigenvalue weighted by molar-refractivity contribution is 6.19. The van der Waals surface area contributed by atoms with Crippen molar-refractivity contribution in [2.24, 2.45) is 5.41 Å². The van der Waals surface area contributed by atoms with Crippen molar-refractivity contribution >= 4 is 17.5 Å². The van der Waals surface area contributed by atoms with E-state index in [1.165, 1.54) is 6.07 Å². The van der Waals surface area contributed by atoms with Gasteiger partial charge in [-0.05, 0) is 26.8 Å². The molecule has 0 spiro atoms. The summed E-state index contributed by atoms with van der Waals surface area (Å²) in [7, 11) is 0. The number of hydrogen-bond acceptors (Lipinski definition) is 1. The molecule has 0 radical (unpaired) electrons. The maximum atomic E-state index is 13.5. The number of carbonyl (C=O) groups is 1. The van der Waals surface area contributed by atoms with Crippen LogP contribution in [0.2, 0.25) is 0 Å². The molecule has 94 valence electrons. The summed E-state index contributed by atoms with van der Waals surface area (Å²) in [6, 6.07) is 6.04. The Hall–Kier alpha value is -1.09. The smallest absolute Gasteiger partial charge is 0.227 e. The van der Waals surface area contributed by atoms with Gasteiger partial charge >= 0.3 is 0 Å². The Morgan fingerprint density at radius 2 is 2.06 bits per heavy atom. The molecule has 0 aliphatic rings. The van der Waals surface area contributed by atoms with Crippen LogP contribution in [0.5, 0.6) is 0 Å². The van der Waals surface area contributed by atoms with E-state index in [2.05, 4.69) is 5.32 Å². The van der Waals surface area contributed by atoms with Gasteiger partial charge in [0, 0.05) is 11.4 Å². The van der Waals surface area contributed by atoms with Crippen molar-refractivity contribution < 1.29 is 9.18 Å². The van der Waals surface area contributed by atoms with Crippen LogP contribution in [0, 0.1) is 11.2 Å². The van der Waals surface area contributed by atoms with Crippen molar-refractivity contribution in [1.82, 2.24) is 5.32 Å². The standard InChI is InChI=1S/C13H17ClFNO/c1-9(10-6-4-5-7-11(10)15)16-12(17)13(2,3)8-14/h4-7,9H,8H2,1-3H3,(H,16,17)/t9-/m1/s1. The van der Waals surface area contributed by atoms with Crippen LogP contribution in [0.1, 0.15) is 32.4 Å². The van der Waals surface area contributed by atoms with Crippen LogP contribution in [-0.2, 0) is 4.79 Å². The van der Waals surface area contributed by atoms with Gasteiger partial charge in [0.05, 0.1) is 11.5 Å². The van der Waals surface area contributed by atoms with Crippen molar-refractivity contribution in [3.05, 3.63) is 35.6 Å². The molecule has 0 aliphatic carbocycles. The lowest BCUT2D eigenvalue weighted by Crippen LogP contribution is -2.39. The molecule has 1 amide bonds. The molecular formula is C13H17ClFNO. The number of amides is 1. The van der Waals surface area contributed by atoms with Gasteiger partial charge in [-0.2, -0.15) is 0 Å². The van der Waals surface area contributed by atoms with Crippen molar-refractivity contribution in [2.75, 3.05) is 5.88 Å². The number of halogens is 2. The van der Waals surface area contributed by atoms with Gasteiger partial charge in [-0.1, -0.05) is 18.2 Å². The summed E-state index contributed by atoms with van der Waals surface area (Å²) >= 11 is 5.71. The second-order valence-electron chi connectivity index (χ2n) is 4.73. The fraction of sp³-hybridized carbons (Fsp3) is 0.462. The zero-order valence-electron chi connectivity index (χ0n) is 10.3. The molecule has 0 saturated carbocycles. The first-order chi connectivity index (χ1) is 7.88. The summed E-state index contributed by atoms with van der Waals surface area (Å²) in [5.41, 5.74) is -0.174. The molecule has 0 heterocycles. The van der Waals surface area contributed by atoms with Crippen molar-refractivity contribution in [1.29, 1.82) is 0 Å². The van der Waals surface area contributed by atoms with Crippen molar-refractivity contribution in [2.45, 2.75) is 26.8 Å². The molecule has 0 aliphatic heterocycles. The number of rotatable bonds is 4. The molecule has 0 bridgehead atoms. The predicted molar refractivity (Wildman–Crippen MR) is 67.5 cm³/mol. The maximum Gasteiger partial charge on any atom is 0.227 e. The summed E-state index contributed by atoms with van der Waals surface area (Å²) < 4.78 is 13.5.